The number of carbonyl (C=O) groups excluding carboxylic acids is 2. The predicted molar refractivity (Wildman–Crippen MR) is 351 cm³/mol. The molecule has 0 aromatic rings. The van der Waals surface area contributed by atoms with Crippen molar-refractivity contribution in [1.29, 1.82) is 0 Å². The summed E-state index contributed by atoms with van der Waals surface area (Å²) in [5.74, 6) is -0.822. The molecule has 0 N–H and O–H groups in total. The van der Waals surface area contributed by atoms with Gasteiger partial charge in [-0.05, 0) is 77.0 Å². The number of hydrogen-bond acceptors (Lipinski definition) is 8. The minimum atomic E-state index is -4.64. The van der Waals surface area contributed by atoms with Gasteiger partial charge in [0.1, 0.15) is 19.8 Å². The molecule has 0 amide bonds. The Morgan fingerprint density at radius 2 is 0.695 bits per heavy atom. The van der Waals surface area contributed by atoms with Crippen LogP contribution >= 0.6 is 7.82 Å². The van der Waals surface area contributed by atoms with Crippen molar-refractivity contribution < 1.29 is 42.1 Å². The molecular formula is C72H134NO8P. The highest BCUT2D eigenvalue weighted by Gasteiger charge is 2.22. The predicted octanol–water partition coefficient (Wildman–Crippen LogP) is 22.0. The van der Waals surface area contributed by atoms with Crippen LogP contribution in [0.15, 0.2) is 60.8 Å². The molecule has 2 atom stereocenters. The first kappa shape index (κ1) is 79.7. The molecule has 0 saturated heterocycles. The number of phosphoric acid groups is 1. The maximum Gasteiger partial charge on any atom is 0.306 e. The first-order valence-electron chi connectivity index (χ1n) is 35.0. The smallest absolute Gasteiger partial charge is 0.306 e. The lowest BCUT2D eigenvalue weighted by molar-refractivity contribution is -0.870. The number of unbranched alkanes of at least 4 members (excludes halogenated alkanes) is 41. The summed E-state index contributed by atoms with van der Waals surface area (Å²) in [6, 6.07) is 0. The van der Waals surface area contributed by atoms with E-state index >= 15 is 0 Å². The number of ether oxygens (including phenoxy) is 2. The monoisotopic (exact) mass is 1170 g/mol. The normalized spacial score (nSPS) is 13.5. The van der Waals surface area contributed by atoms with E-state index in [1.807, 2.05) is 21.1 Å². The Labute approximate surface area is 508 Å². The summed E-state index contributed by atoms with van der Waals surface area (Å²) in [7, 11) is 1.18. The van der Waals surface area contributed by atoms with Crippen LogP contribution in [0, 0.1) is 0 Å². The minimum Gasteiger partial charge on any atom is -0.756 e. The number of nitrogens with zero attached hydrogens (tertiary/aromatic N) is 1. The fourth-order valence-electron chi connectivity index (χ4n) is 10.2. The molecule has 0 aliphatic carbocycles. The second-order valence-electron chi connectivity index (χ2n) is 24.9. The Morgan fingerprint density at radius 1 is 0.390 bits per heavy atom. The van der Waals surface area contributed by atoms with E-state index in [1.54, 1.807) is 0 Å². The van der Waals surface area contributed by atoms with Crippen molar-refractivity contribution in [1.82, 2.24) is 0 Å². The fraction of sp³-hybridized carbons (Fsp3) is 0.833. The summed E-state index contributed by atoms with van der Waals surface area (Å²) in [6.45, 7) is 4.16. The quantitative estimate of drug-likeness (QED) is 0.0195. The van der Waals surface area contributed by atoms with E-state index in [2.05, 4.69) is 74.6 Å². The minimum absolute atomic E-state index is 0.0297. The van der Waals surface area contributed by atoms with E-state index in [1.165, 1.54) is 231 Å². The first-order valence-corrected chi connectivity index (χ1v) is 36.5. The standard InChI is InChI=1S/C72H134NO8P/c1-6-8-10-12-14-16-18-20-22-24-25-26-27-28-29-30-31-32-33-34-35-36-37-38-39-40-41-42-43-44-45-46-47-49-51-53-55-57-59-61-63-65-72(75)81-70(69-80-82(76,77)79-67-66-73(3,4)5)68-78-71(74)64-62-60-58-56-54-52-50-48-23-21-19-17-15-13-11-9-7-2/h8,10,14,16,20-23,25-26,70H,6-7,9,11-13,15,17-19,24,27-69H2,1-5H3/b10-8-,16-14-,22-20-,23-21-,26-25-. The number of likely N-dealkylation sites (N-methyl/N-ethyl adjacent to an activating group) is 1. The molecule has 0 rings (SSSR count). The molecule has 10 heteroatoms. The summed E-state index contributed by atoms with van der Waals surface area (Å²) in [4.78, 5) is 38.0. The second-order valence-corrected chi connectivity index (χ2v) is 26.3. The van der Waals surface area contributed by atoms with E-state index in [0.29, 0.717) is 17.4 Å². The molecule has 82 heavy (non-hydrogen) atoms. The third kappa shape index (κ3) is 66.8. The molecular weight excluding hydrogens is 1040 g/mol. The SMILES string of the molecule is CC/C=C\C/C=C\C/C=C\C/C=C\CCCCCCCCCCCCCCCCCCCCCCCCCCCCCCC(=O)OC(COC(=O)CCCCCCCCC/C=C\CCCCCCCC)COP(=O)([O-])OCC[N+](C)(C)C. The van der Waals surface area contributed by atoms with Crippen LogP contribution in [0.1, 0.15) is 335 Å². The van der Waals surface area contributed by atoms with Crippen LogP contribution in [-0.4, -0.2) is 70.0 Å². The summed E-state index contributed by atoms with van der Waals surface area (Å²) in [5, 5.41) is 0. The summed E-state index contributed by atoms with van der Waals surface area (Å²) >= 11 is 0. The number of carbonyl (C=O) groups is 2. The van der Waals surface area contributed by atoms with E-state index in [-0.39, 0.29) is 32.0 Å². The average molecular weight is 1170 g/mol. The van der Waals surface area contributed by atoms with Gasteiger partial charge in [0.05, 0.1) is 27.7 Å². The zero-order valence-corrected chi connectivity index (χ0v) is 55.6. The van der Waals surface area contributed by atoms with Crippen molar-refractivity contribution in [3.63, 3.8) is 0 Å². The Hall–Kier alpha value is -2.29. The Kier molecular flexibility index (Phi) is 61.5. The van der Waals surface area contributed by atoms with Crippen molar-refractivity contribution >= 4 is 19.8 Å². The van der Waals surface area contributed by atoms with Crippen LogP contribution in [0.25, 0.3) is 0 Å². The number of quaternary nitrogens is 1. The van der Waals surface area contributed by atoms with Gasteiger partial charge in [0, 0.05) is 12.8 Å². The highest BCUT2D eigenvalue weighted by molar-refractivity contribution is 7.45. The van der Waals surface area contributed by atoms with Gasteiger partial charge in [-0.2, -0.15) is 0 Å². The Balaban J connectivity index is 3.87. The number of phosphoric ester groups is 1. The van der Waals surface area contributed by atoms with E-state index in [0.717, 1.165) is 70.6 Å². The molecule has 2 unspecified atom stereocenters. The van der Waals surface area contributed by atoms with Crippen LogP contribution in [0.4, 0.5) is 0 Å². The molecule has 0 aromatic carbocycles. The van der Waals surface area contributed by atoms with Gasteiger partial charge in [0.25, 0.3) is 7.82 Å². The van der Waals surface area contributed by atoms with E-state index in [4.69, 9.17) is 18.5 Å². The Morgan fingerprint density at radius 3 is 1.05 bits per heavy atom. The summed E-state index contributed by atoms with van der Waals surface area (Å²) < 4.78 is 34.3. The van der Waals surface area contributed by atoms with Gasteiger partial charge in [-0.3, -0.25) is 14.2 Å². The molecule has 0 heterocycles. The third-order valence-corrected chi connectivity index (χ3v) is 16.5. The van der Waals surface area contributed by atoms with Gasteiger partial charge in [-0.15, -0.1) is 0 Å². The van der Waals surface area contributed by atoms with Gasteiger partial charge >= 0.3 is 11.9 Å². The molecule has 0 saturated carbocycles. The topological polar surface area (TPSA) is 111 Å². The third-order valence-electron chi connectivity index (χ3n) is 15.5. The maximum absolute atomic E-state index is 12.8. The fourth-order valence-corrected chi connectivity index (χ4v) is 10.9. The van der Waals surface area contributed by atoms with Crippen molar-refractivity contribution in [2.75, 3.05) is 47.5 Å². The lowest BCUT2D eigenvalue weighted by Crippen LogP contribution is -2.37. The Bertz CT molecular complexity index is 1570. The summed E-state index contributed by atoms with van der Waals surface area (Å²) in [6.07, 6.45) is 83.2. The lowest BCUT2D eigenvalue weighted by Gasteiger charge is -2.28. The van der Waals surface area contributed by atoms with Crippen molar-refractivity contribution in [2.24, 2.45) is 0 Å². The molecule has 0 fully saturated rings. The molecule has 0 aliphatic heterocycles. The van der Waals surface area contributed by atoms with Gasteiger partial charge < -0.3 is 27.9 Å². The zero-order valence-electron chi connectivity index (χ0n) is 54.7. The van der Waals surface area contributed by atoms with Gasteiger partial charge in [-0.25, -0.2) is 0 Å². The number of rotatable bonds is 65. The van der Waals surface area contributed by atoms with E-state index < -0.39 is 26.5 Å². The molecule has 0 aromatic heterocycles. The van der Waals surface area contributed by atoms with Crippen LogP contribution in [-0.2, 0) is 32.7 Å². The van der Waals surface area contributed by atoms with Crippen molar-refractivity contribution in [3.05, 3.63) is 60.8 Å². The molecule has 0 aliphatic rings. The van der Waals surface area contributed by atoms with Gasteiger partial charge in [0.2, 0.25) is 0 Å². The van der Waals surface area contributed by atoms with Crippen LogP contribution in [0.3, 0.4) is 0 Å². The van der Waals surface area contributed by atoms with Gasteiger partial charge in [-0.1, -0.05) is 306 Å². The van der Waals surface area contributed by atoms with Crippen molar-refractivity contribution in [2.45, 2.75) is 341 Å². The molecule has 480 valence electrons. The number of esters is 2. The molecule has 0 spiro atoms. The molecule has 0 bridgehead atoms. The first-order chi connectivity index (χ1) is 40.0. The van der Waals surface area contributed by atoms with Crippen LogP contribution in [0.5, 0.6) is 0 Å². The maximum atomic E-state index is 12.8. The largest absolute Gasteiger partial charge is 0.756 e. The molecule has 0 radical (unpaired) electrons. The summed E-state index contributed by atoms with van der Waals surface area (Å²) in [5.41, 5.74) is 0. The highest BCUT2D eigenvalue weighted by atomic mass is 31.2. The van der Waals surface area contributed by atoms with Gasteiger partial charge in [0.15, 0.2) is 6.10 Å². The lowest BCUT2D eigenvalue weighted by atomic mass is 10.0. The second kappa shape index (κ2) is 63.2. The molecule has 9 nitrogen and oxygen atoms in total. The number of hydrogen-bond donors (Lipinski definition) is 0. The van der Waals surface area contributed by atoms with Crippen LogP contribution < -0.4 is 4.89 Å². The highest BCUT2D eigenvalue weighted by Crippen LogP contribution is 2.38. The van der Waals surface area contributed by atoms with Crippen molar-refractivity contribution in [3.8, 4) is 0 Å². The zero-order chi connectivity index (χ0) is 59.8. The number of allylic oxidation sites excluding steroid dienone is 10. The van der Waals surface area contributed by atoms with E-state index in [9.17, 15) is 19.0 Å². The average Bonchev–Trinajstić information content (AvgIpc) is 3.45. The van der Waals surface area contributed by atoms with Crippen LogP contribution in [0.2, 0.25) is 0 Å².